The third kappa shape index (κ3) is 5.04. The Morgan fingerprint density at radius 1 is 1.07 bits per heavy atom. The summed E-state index contributed by atoms with van der Waals surface area (Å²) in [5, 5.41) is 2.95. The molecule has 3 rings (SSSR count). The van der Waals surface area contributed by atoms with Gasteiger partial charge in [-0.25, -0.2) is 4.39 Å². The number of carbonyl (C=O) groups is 2. The minimum Gasteiger partial charge on any atom is -0.493 e. The summed E-state index contributed by atoms with van der Waals surface area (Å²) in [7, 11) is 3.08. The number of piperidine rings is 1. The highest BCUT2D eigenvalue weighted by atomic mass is 19.1. The fourth-order valence-corrected chi connectivity index (χ4v) is 3.47. The summed E-state index contributed by atoms with van der Waals surface area (Å²) in [6.07, 6.45) is 1.32. The van der Waals surface area contributed by atoms with E-state index in [1.165, 1.54) is 13.2 Å². The van der Waals surface area contributed by atoms with Crippen molar-refractivity contribution in [1.82, 2.24) is 10.2 Å². The average molecular weight is 400 g/mol. The molecule has 0 radical (unpaired) electrons. The molecular weight excluding hydrogens is 375 g/mol. The number of methoxy groups -OCH3 is 2. The molecular formula is C22H25FN2O4. The number of carbonyl (C=O) groups excluding carboxylic acids is 2. The molecule has 0 aliphatic carbocycles. The number of amides is 2. The second-order valence-electron chi connectivity index (χ2n) is 6.97. The third-order valence-corrected chi connectivity index (χ3v) is 5.09. The van der Waals surface area contributed by atoms with Crippen molar-refractivity contribution in [2.75, 3.05) is 27.3 Å². The first-order valence-corrected chi connectivity index (χ1v) is 9.56. The van der Waals surface area contributed by atoms with Crippen LogP contribution in [0.3, 0.4) is 0 Å². The van der Waals surface area contributed by atoms with E-state index in [0.717, 1.165) is 0 Å². The van der Waals surface area contributed by atoms with Gasteiger partial charge in [0.2, 0.25) is 5.91 Å². The highest BCUT2D eigenvalue weighted by Crippen LogP contribution is 2.28. The van der Waals surface area contributed by atoms with Gasteiger partial charge in [0.05, 0.1) is 20.6 Å². The van der Waals surface area contributed by atoms with Crippen LogP contribution in [0, 0.1) is 5.82 Å². The monoisotopic (exact) mass is 400 g/mol. The highest BCUT2D eigenvalue weighted by molar-refractivity contribution is 5.95. The Morgan fingerprint density at radius 2 is 1.76 bits per heavy atom. The van der Waals surface area contributed by atoms with Gasteiger partial charge in [-0.2, -0.15) is 0 Å². The van der Waals surface area contributed by atoms with Gasteiger partial charge in [-0.05, 0) is 42.7 Å². The standard InChI is InChI=1S/C22H25FN2O4/c1-28-19-8-7-16(13-20(19)29-2)22(27)25-11-9-17(10-12-25)24-21(26)14-15-5-3-4-6-18(15)23/h3-8,13,17H,9-12,14H2,1-2H3,(H,24,26). The molecule has 1 heterocycles. The summed E-state index contributed by atoms with van der Waals surface area (Å²) in [4.78, 5) is 26.8. The first-order valence-electron chi connectivity index (χ1n) is 9.56. The largest absolute Gasteiger partial charge is 0.493 e. The molecule has 7 heteroatoms. The number of hydrogen-bond donors (Lipinski definition) is 1. The van der Waals surface area contributed by atoms with Crippen molar-refractivity contribution < 1.29 is 23.5 Å². The molecule has 2 aromatic rings. The number of likely N-dealkylation sites (tertiary alicyclic amines) is 1. The van der Waals surface area contributed by atoms with Gasteiger partial charge in [-0.1, -0.05) is 18.2 Å². The Kier molecular flexibility index (Phi) is 6.69. The Morgan fingerprint density at radius 3 is 2.41 bits per heavy atom. The maximum atomic E-state index is 13.7. The minimum absolute atomic E-state index is 0.0114. The lowest BCUT2D eigenvalue weighted by atomic mass is 10.0. The summed E-state index contributed by atoms with van der Waals surface area (Å²) >= 11 is 0. The Labute approximate surface area is 169 Å². The van der Waals surface area contributed by atoms with Gasteiger partial charge in [0.25, 0.3) is 5.91 Å². The topological polar surface area (TPSA) is 67.9 Å². The van der Waals surface area contributed by atoms with Crippen LogP contribution in [-0.4, -0.2) is 50.1 Å². The zero-order valence-corrected chi connectivity index (χ0v) is 16.6. The van der Waals surface area contributed by atoms with Crippen LogP contribution in [0.5, 0.6) is 11.5 Å². The molecule has 1 N–H and O–H groups in total. The van der Waals surface area contributed by atoms with Gasteiger partial charge in [-0.3, -0.25) is 9.59 Å². The fraction of sp³-hybridized carbons (Fsp3) is 0.364. The molecule has 6 nitrogen and oxygen atoms in total. The van der Waals surface area contributed by atoms with Crippen LogP contribution in [0.15, 0.2) is 42.5 Å². The normalized spacial score (nSPS) is 14.4. The van der Waals surface area contributed by atoms with Crippen molar-refractivity contribution in [1.29, 1.82) is 0 Å². The first-order chi connectivity index (χ1) is 14.0. The number of halogens is 1. The number of hydrogen-bond acceptors (Lipinski definition) is 4. The maximum Gasteiger partial charge on any atom is 0.253 e. The van der Waals surface area contributed by atoms with E-state index in [1.807, 2.05) is 0 Å². The van der Waals surface area contributed by atoms with Crippen molar-refractivity contribution in [2.45, 2.75) is 25.3 Å². The van der Waals surface area contributed by atoms with E-state index in [4.69, 9.17) is 9.47 Å². The van der Waals surface area contributed by atoms with Crippen LogP contribution < -0.4 is 14.8 Å². The zero-order valence-electron chi connectivity index (χ0n) is 16.6. The third-order valence-electron chi connectivity index (χ3n) is 5.09. The lowest BCUT2D eigenvalue weighted by molar-refractivity contribution is -0.121. The van der Waals surface area contributed by atoms with Crippen molar-refractivity contribution >= 4 is 11.8 Å². The molecule has 0 atom stereocenters. The second kappa shape index (κ2) is 9.41. The predicted octanol–water partition coefficient (Wildman–Crippen LogP) is 2.81. The number of benzene rings is 2. The van der Waals surface area contributed by atoms with Gasteiger partial charge < -0.3 is 19.7 Å². The molecule has 154 valence electrons. The molecule has 1 aliphatic heterocycles. The summed E-state index contributed by atoms with van der Waals surface area (Å²) in [6, 6.07) is 11.3. The van der Waals surface area contributed by atoms with Crippen LogP contribution in [0.2, 0.25) is 0 Å². The molecule has 0 spiro atoms. The Balaban J connectivity index is 1.53. The van der Waals surface area contributed by atoms with E-state index < -0.39 is 0 Å². The van der Waals surface area contributed by atoms with E-state index in [9.17, 15) is 14.0 Å². The number of nitrogens with zero attached hydrogens (tertiary/aromatic N) is 1. The predicted molar refractivity (Wildman–Crippen MR) is 107 cm³/mol. The molecule has 0 unspecified atom stereocenters. The number of ether oxygens (including phenoxy) is 2. The van der Waals surface area contributed by atoms with Crippen molar-refractivity contribution in [3.63, 3.8) is 0 Å². The molecule has 0 saturated carbocycles. The van der Waals surface area contributed by atoms with Crippen molar-refractivity contribution in [2.24, 2.45) is 0 Å². The molecule has 2 aromatic carbocycles. The Hall–Kier alpha value is -3.09. The lowest BCUT2D eigenvalue weighted by Crippen LogP contribution is -2.46. The molecule has 29 heavy (non-hydrogen) atoms. The van der Waals surface area contributed by atoms with Crippen LogP contribution in [0.4, 0.5) is 4.39 Å². The highest BCUT2D eigenvalue weighted by Gasteiger charge is 2.25. The first kappa shape index (κ1) is 20.6. The number of rotatable bonds is 6. The van der Waals surface area contributed by atoms with Crippen LogP contribution in [-0.2, 0) is 11.2 Å². The van der Waals surface area contributed by atoms with E-state index in [0.29, 0.717) is 48.6 Å². The van der Waals surface area contributed by atoms with E-state index in [2.05, 4.69) is 5.32 Å². The zero-order chi connectivity index (χ0) is 20.8. The minimum atomic E-state index is -0.377. The second-order valence-corrected chi connectivity index (χ2v) is 6.97. The van der Waals surface area contributed by atoms with E-state index >= 15 is 0 Å². The SMILES string of the molecule is COc1ccc(C(=O)N2CCC(NC(=O)Cc3ccccc3F)CC2)cc1OC. The average Bonchev–Trinajstić information content (AvgIpc) is 2.75. The molecule has 0 aromatic heterocycles. The molecule has 0 bridgehead atoms. The van der Waals surface area contributed by atoms with Gasteiger partial charge >= 0.3 is 0 Å². The summed E-state index contributed by atoms with van der Waals surface area (Å²) in [6.45, 7) is 1.08. The quantitative estimate of drug-likeness (QED) is 0.810. The van der Waals surface area contributed by atoms with Crippen LogP contribution in [0.1, 0.15) is 28.8 Å². The van der Waals surface area contributed by atoms with E-state index in [1.54, 1.807) is 48.4 Å². The maximum absolute atomic E-state index is 13.7. The summed E-state index contributed by atoms with van der Waals surface area (Å²) < 4.78 is 24.2. The van der Waals surface area contributed by atoms with E-state index in [-0.39, 0.29) is 30.1 Å². The van der Waals surface area contributed by atoms with Gasteiger partial charge in [-0.15, -0.1) is 0 Å². The van der Waals surface area contributed by atoms with Crippen molar-refractivity contribution in [3.8, 4) is 11.5 Å². The molecule has 2 amide bonds. The number of nitrogens with one attached hydrogen (secondary N) is 1. The fourth-order valence-electron chi connectivity index (χ4n) is 3.47. The lowest BCUT2D eigenvalue weighted by Gasteiger charge is -2.32. The van der Waals surface area contributed by atoms with Crippen LogP contribution >= 0.6 is 0 Å². The summed E-state index contributed by atoms with van der Waals surface area (Å²) in [5.74, 6) is 0.411. The van der Waals surface area contributed by atoms with Gasteiger partial charge in [0.1, 0.15) is 5.82 Å². The molecule has 1 fully saturated rings. The van der Waals surface area contributed by atoms with Crippen molar-refractivity contribution in [3.05, 3.63) is 59.4 Å². The molecule has 1 saturated heterocycles. The summed E-state index contributed by atoms with van der Waals surface area (Å²) in [5.41, 5.74) is 0.913. The Bertz CT molecular complexity index is 879. The van der Waals surface area contributed by atoms with Crippen LogP contribution in [0.25, 0.3) is 0 Å². The smallest absolute Gasteiger partial charge is 0.253 e. The van der Waals surface area contributed by atoms with Gasteiger partial charge in [0.15, 0.2) is 11.5 Å². The molecule has 1 aliphatic rings. The van der Waals surface area contributed by atoms with Gasteiger partial charge in [0, 0.05) is 24.7 Å².